The van der Waals surface area contributed by atoms with Gasteiger partial charge in [-0.1, -0.05) is 6.58 Å². The number of aryl methyl sites for hydroxylation is 2. The molecule has 1 atom stereocenters. The average Bonchev–Trinajstić information content (AvgIpc) is 3.47. The summed E-state index contributed by atoms with van der Waals surface area (Å²) in [5.74, 6) is -4.80. The van der Waals surface area contributed by atoms with Crippen LogP contribution in [-0.4, -0.2) is 59.2 Å². The normalized spacial score (nSPS) is 22.9. The van der Waals surface area contributed by atoms with Crippen molar-refractivity contribution < 1.29 is 17.6 Å². The molecular weight excluding hydrogens is 512 g/mol. The van der Waals surface area contributed by atoms with Crippen LogP contribution in [0.1, 0.15) is 74.3 Å². The fourth-order valence-electron chi connectivity index (χ4n) is 6.68. The third kappa shape index (κ3) is 5.03. The minimum Gasteiger partial charge on any atom is -0.375 e. The van der Waals surface area contributed by atoms with Crippen molar-refractivity contribution in [1.82, 2.24) is 39.6 Å². The number of aromatic nitrogens is 6. The van der Waals surface area contributed by atoms with Crippen molar-refractivity contribution in [1.29, 1.82) is 0 Å². The fraction of sp³-hybridized carbons (Fsp3) is 0.630. The van der Waals surface area contributed by atoms with Crippen LogP contribution in [0, 0.1) is 18.3 Å². The highest BCUT2D eigenvalue weighted by Crippen LogP contribution is 2.56. The summed E-state index contributed by atoms with van der Waals surface area (Å²) in [6.07, 6.45) is 3.85. The Morgan fingerprint density at radius 3 is 2.51 bits per heavy atom. The summed E-state index contributed by atoms with van der Waals surface area (Å²) in [7, 11) is 0. The number of likely N-dealkylation sites (tertiary alicyclic amines) is 1. The van der Waals surface area contributed by atoms with E-state index in [4.69, 9.17) is 9.97 Å². The summed E-state index contributed by atoms with van der Waals surface area (Å²) < 4.78 is 58.2. The molecule has 3 aliphatic rings. The van der Waals surface area contributed by atoms with Crippen LogP contribution < -0.4 is 5.32 Å². The van der Waals surface area contributed by atoms with Crippen LogP contribution in [0.3, 0.4) is 0 Å². The molecule has 1 N–H and O–H groups in total. The zero-order valence-corrected chi connectivity index (χ0v) is 22.3. The second-order valence-electron chi connectivity index (χ2n) is 11.7. The van der Waals surface area contributed by atoms with Crippen LogP contribution in [0.5, 0.6) is 0 Å². The molecular formula is C27H34F4N8. The van der Waals surface area contributed by atoms with E-state index in [0.717, 1.165) is 17.1 Å². The molecule has 1 saturated heterocycles. The van der Waals surface area contributed by atoms with Crippen molar-refractivity contribution in [3.63, 3.8) is 0 Å². The lowest BCUT2D eigenvalue weighted by Gasteiger charge is -2.58. The van der Waals surface area contributed by atoms with Gasteiger partial charge in [0.15, 0.2) is 0 Å². The lowest BCUT2D eigenvalue weighted by molar-refractivity contribution is -0.215. The minimum atomic E-state index is -2.64. The number of imidazole rings is 1. The van der Waals surface area contributed by atoms with Crippen molar-refractivity contribution in [2.45, 2.75) is 83.3 Å². The van der Waals surface area contributed by atoms with Gasteiger partial charge >= 0.3 is 0 Å². The number of hydrogen-bond donors (Lipinski definition) is 1. The van der Waals surface area contributed by atoms with Crippen molar-refractivity contribution in [2.75, 3.05) is 13.1 Å². The van der Waals surface area contributed by atoms with Crippen LogP contribution in [0.2, 0.25) is 0 Å². The standard InChI is InChI=1S/C27H34F4N8/c1-4-38-22(7-10-32-38)18(3)33-23(19-5-8-26(28,29)9-6-19)21-12-39-24(35-21)34-20(17(2)36-39)11-37-15-25(16-37)13-27(30,31)14-25/h7,10,12,19,23,33H,3-6,8-9,11,13-16H2,1-2H3. The number of nitrogens with one attached hydrogen (secondary N) is 1. The highest BCUT2D eigenvalue weighted by molar-refractivity contribution is 5.59. The summed E-state index contributed by atoms with van der Waals surface area (Å²) >= 11 is 0. The first-order chi connectivity index (χ1) is 18.4. The topological polar surface area (TPSA) is 76.2 Å². The van der Waals surface area contributed by atoms with Gasteiger partial charge in [0.05, 0.1) is 40.7 Å². The van der Waals surface area contributed by atoms with Gasteiger partial charge in [0.1, 0.15) is 0 Å². The van der Waals surface area contributed by atoms with E-state index < -0.39 is 11.8 Å². The van der Waals surface area contributed by atoms with Gasteiger partial charge in [-0.3, -0.25) is 9.58 Å². The number of rotatable bonds is 8. The molecule has 210 valence electrons. The van der Waals surface area contributed by atoms with E-state index in [1.165, 1.54) is 0 Å². The first-order valence-electron chi connectivity index (χ1n) is 13.6. The van der Waals surface area contributed by atoms with E-state index in [0.29, 0.717) is 56.2 Å². The van der Waals surface area contributed by atoms with E-state index in [1.807, 2.05) is 30.8 Å². The number of hydrogen-bond acceptors (Lipinski definition) is 6. The highest BCUT2D eigenvalue weighted by Gasteiger charge is 2.61. The Morgan fingerprint density at radius 2 is 1.85 bits per heavy atom. The molecule has 0 radical (unpaired) electrons. The first-order valence-corrected chi connectivity index (χ1v) is 13.6. The Balaban J connectivity index is 1.23. The molecule has 0 amide bonds. The molecule has 2 aliphatic carbocycles. The largest absolute Gasteiger partial charge is 0.375 e. The molecule has 39 heavy (non-hydrogen) atoms. The summed E-state index contributed by atoms with van der Waals surface area (Å²) in [6.45, 7) is 10.6. The zero-order valence-electron chi connectivity index (χ0n) is 22.3. The lowest BCUT2D eigenvalue weighted by atomic mass is 9.61. The quantitative estimate of drug-likeness (QED) is 0.401. The van der Waals surface area contributed by atoms with E-state index in [2.05, 4.69) is 27.0 Å². The van der Waals surface area contributed by atoms with E-state index >= 15 is 0 Å². The summed E-state index contributed by atoms with van der Waals surface area (Å²) in [6, 6.07) is 1.52. The van der Waals surface area contributed by atoms with Gasteiger partial charge in [-0.05, 0) is 38.7 Å². The molecule has 6 rings (SSSR count). The maximum absolute atomic E-state index is 14.0. The average molecular weight is 547 g/mol. The maximum Gasteiger partial charge on any atom is 0.251 e. The molecule has 1 aliphatic heterocycles. The van der Waals surface area contributed by atoms with Crippen molar-refractivity contribution in [2.24, 2.45) is 11.3 Å². The molecule has 0 aromatic carbocycles. The van der Waals surface area contributed by atoms with Gasteiger partial charge in [0.25, 0.3) is 5.78 Å². The van der Waals surface area contributed by atoms with Crippen molar-refractivity contribution in [3.05, 3.63) is 47.8 Å². The highest BCUT2D eigenvalue weighted by atomic mass is 19.3. The molecule has 3 aromatic rings. The first kappa shape index (κ1) is 26.2. The predicted octanol–water partition coefficient (Wildman–Crippen LogP) is 5.01. The molecule has 1 spiro atoms. The maximum atomic E-state index is 14.0. The van der Waals surface area contributed by atoms with E-state index in [9.17, 15) is 17.6 Å². The van der Waals surface area contributed by atoms with Gasteiger partial charge in [-0.25, -0.2) is 32.0 Å². The van der Waals surface area contributed by atoms with Gasteiger partial charge in [0.2, 0.25) is 11.8 Å². The van der Waals surface area contributed by atoms with E-state index in [1.54, 1.807) is 10.7 Å². The van der Waals surface area contributed by atoms with Gasteiger partial charge in [-0.15, -0.1) is 0 Å². The number of fused-ring (bicyclic) bond motifs is 1. The summed E-state index contributed by atoms with van der Waals surface area (Å²) in [4.78, 5) is 11.7. The Kier molecular flexibility index (Phi) is 6.24. The van der Waals surface area contributed by atoms with E-state index in [-0.39, 0.29) is 43.1 Å². The predicted molar refractivity (Wildman–Crippen MR) is 137 cm³/mol. The molecule has 1 unspecified atom stereocenters. The molecule has 12 heteroatoms. The molecule has 8 nitrogen and oxygen atoms in total. The van der Waals surface area contributed by atoms with Crippen LogP contribution in [0.15, 0.2) is 25.0 Å². The zero-order chi connectivity index (χ0) is 27.6. The second kappa shape index (κ2) is 9.28. The molecule has 3 aromatic heterocycles. The molecule has 0 bridgehead atoms. The van der Waals surface area contributed by atoms with Gasteiger partial charge in [-0.2, -0.15) is 10.2 Å². The van der Waals surface area contributed by atoms with Crippen LogP contribution >= 0.6 is 0 Å². The lowest BCUT2D eigenvalue weighted by Crippen LogP contribution is -2.65. The Bertz CT molecular complexity index is 1370. The second-order valence-corrected chi connectivity index (χ2v) is 11.7. The molecule has 2 saturated carbocycles. The SMILES string of the molecule is C=C(NC(c1cn2nc(C)c(CN3CC4(C3)CC(F)(F)C4)nc2n1)C1CCC(F)(F)CC1)c1ccnn1CC. The van der Waals surface area contributed by atoms with Crippen LogP contribution in [-0.2, 0) is 13.1 Å². The minimum absolute atomic E-state index is 0.0321. The Morgan fingerprint density at radius 1 is 1.13 bits per heavy atom. The van der Waals surface area contributed by atoms with Gasteiger partial charge < -0.3 is 5.32 Å². The molecule has 3 fully saturated rings. The summed E-state index contributed by atoms with van der Waals surface area (Å²) in [5, 5.41) is 12.5. The Hall–Kier alpha value is -3.02. The molecule has 4 heterocycles. The Labute approximate surface area is 224 Å². The third-order valence-corrected chi connectivity index (χ3v) is 8.56. The number of nitrogens with zero attached hydrogens (tertiary/aromatic N) is 7. The van der Waals surface area contributed by atoms with Crippen molar-refractivity contribution in [3.8, 4) is 0 Å². The fourth-order valence-corrected chi connectivity index (χ4v) is 6.68. The van der Waals surface area contributed by atoms with Gasteiger partial charge in [0, 0.05) is 63.5 Å². The van der Waals surface area contributed by atoms with Crippen LogP contribution in [0.4, 0.5) is 17.6 Å². The van der Waals surface area contributed by atoms with Crippen LogP contribution in [0.25, 0.3) is 11.5 Å². The van der Waals surface area contributed by atoms with Crippen molar-refractivity contribution >= 4 is 11.5 Å². The monoisotopic (exact) mass is 546 g/mol. The smallest absolute Gasteiger partial charge is 0.251 e. The third-order valence-electron chi connectivity index (χ3n) is 8.56. The summed E-state index contributed by atoms with van der Waals surface area (Å²) in [5.41, 5.74) is 3.41. The number of halogens is 4. The number of alkyl halides is 4.